The van der Waals surface area contributed by atoms with Crippen LogP contribution in [0.1, 0.15) is 118 Å². The molecule has 3 aromatic carbocycles. The van der Waals surface area contributed by atoms with Crippen LogP contribution in [0.5, 0.6) is 0 Å². The first-order valence-corrected chi connectivity index (χ1v) is 21.4. The summed E-state index contributed by atoms with van der Waals surface area (Å²) in [5.74, 6) is -2.67. The van der Waals surface area contributed by atoms with E-state index in [4.69, 9.17) is 33.2 Å². The lowest BCUT2D eigenvalue weighted by Crippen LogP contribution is -2.37. The molecule has 11 heteroatoms. The standard InChI is InChI=1S/C29H32O6.C22H28O5/c1-19-17-20(2)25-22(18-19)13-10-15-24-26(35-29(3,4)34-24)23(14-8-9-16-32-28(25)31)33-27(30)21-11-6-5-7-12-21;1-14-12-15(2)19-16(13-14)8-7-10-18-20(27-22(3,4)26-18)17(23)9-5-6-11-25-21(19)24/h5-8,10-14,17-18,23-24,26H,9,15-16H2,1-4H3;5,7-9,12-13,17-18,20,23H,6,10-11H2,1-4H3/b13-10+,14-8-;8-7+,9-5-/t23?,24-,26+;17?,18-,20+/m00/s1. The smallest absolute Gasteiger partial charge is 0.339 e. The second-order valence-electron chi connectivity index (χ2n) is 17.1. The highest BCUT2D eigenvalue weighted by Crippen LogP contribution is 2.35. The van der Waals surface area contributed by atoms with Gasteiger partial charge in [-0.05, 0) is 122 Å². The van der Waals surface area contributed by atoms with Crippen LogP contribution in [-0.4, -0.2) is 84.4 Å². The van der Waals surface area contributed by atoms with Crippen LogP contribution in [-0.2, 0) is 33.2 Å². The van der Waals surface area contributed by atoms with Crippen molar-refractivity contribution in [3.63, 3.8) is 0 Å². The van der Waals surface area contributed by atoms with E-state index in [-0.39, 0.29) is 37.4 Å². The SMILES string of the molecule is Cc1cc(C)c2c(c1)/C=C/C[C@@H]1OC(C)(C)O[C@@H]1C(O)/C=C\CCOC2=O.Cc1cc(C)c2c(c1)/C=C/C[C@@H]1OC(C)(C)O[C@@H]1C(OC(=O)c1ccccc1)/C=C\CCOC2=O. The normalized spacial score (nSPS) is 28.0. The molecule has 0 aliphatic carbocycles. The summed E-state index contributed by atoms with van der Waals surface area (Å²) in [6.07, 6.45) is 14.0. The summed E-state index contributed by atoms with van der Waals surface area (Å²) < 4.78 is 41.2. The molecule has 0 amide bonds. The molecule has 0 aromatic heterocycles. The first-order chi connectivity index (χ1) is 29.5. The van der Waals surface area contributed by atoms with E-state index in [1.807, 2.05) is 122 Å². The largest absolute Gasteiger partial charge is 0.462 e. The van der Waals surface area contributed by atoms with E-state index >= 15 is 0 Å². The van der Waals surface area contributed by atoms with Crippen LogP contribution in [0.3, 0.4) is 0 Å². The zero-order valence-electron chi connectivity index (χ0n) is 37.1. The Labute approximate surface area is 365 Å². The number of aliphatic hydroxyl groups is 1. The van der Waals surface area contributed by atoms with E-state index in [9.17, 15) is 19.5 Å². The lowest BCUT2D eigenvalue weighted by atomic mass is 9.97. The van der Waals surface area contributed by atoms with Crippen molar-refractivity contribution in [1.82, 2.24) is 0 Å². The molecule has 4 aliphatic heterocycles. The lowest BCUT2D eigenvalue weighted by molar-refractivity contribution is -0.153. The number of ether oxygens (including phenoxy) is 7. The predicted octanol–water partition coefficient (Wildman–Crippen LogP) is 9.27. The second-order valence-corrected chi connectivity index (χ2v) is 17.1. The molecular formula is C51H60O11. The maximum atomic E-state index is 12.8. The van der Waals surface area contributed by atoms with Gasteiger partial charge in [0.1, 0.15) is 24.4 Å². The molecule has 4 heterocycles. The molecule has 0 bridgehead atoms. The molecule has 7 rings (SSSR count). The lowest BCUT2D eigenvalue weighted by Gasteiger charge is -2.24. The molecule has 0 spiro atoms. The van der Waals surface area contributed by atoms with Gasteiger partial charge in [0.15, 0.2) is 11.6 Å². The number of aryl methyl sites for hydroxylation is 4. The monoisotopic (exact) mass is 848 g/mol. The summed E-state index contributed by atoms with van der Waals surface area (Å²) in [5, 5.41) is 10.5. The highest BCUT2D eigenvalue weighted by Gasteiger charge is 2.46. The molecule has 3 aromatic rings. The van der Waals surface area contributed by atoms with E-state index in [0.717, 1.165) is 33.4 Å². The number of carbonyl (C=O) groups excluding carboxylic acids is 3. The van der Waals surface area contributed by atoms with Crippen molar-refractivity contribution in [2.24, 2.45) is 0 Å². The van der Waals surface area contributed by atoms with Crippen molar-refractivity contribution in [1.29, 1.82) is 0 Å². The Kier molecular flexibility index (Phi) is 15.2. The number of rotatable bonds is 2. The summed E-state index contributed by atoms with van der Waals surface area (Å²) >= 11 is 0. The molecule has 4 aliphatic rings. The van der Waals surface area contributed by atoms with Crippen LogP contribution < -0.4 is 0 Å². The molecule has 11 nitrogen and oxygen atoms in total. The number of esters is 3. The predicted molar refractivity (Wildman–Crippen MR) is 237 cm³/mol. The zero-order valence-corrected chi connectivity index (χ0v) is 37.1. The number of fused-ring (bicyclic) bond motifs is 4. The topological polar surface area (TPSA) is 136 Å². The summed E-state index contributed by atoms with van der Waals surface area (Å²) in [6.45, 7) is 15.7. The maximum Gasteiger partial charge on any atom is 0.339 e. The number of benzene rings is 3. The van der Waals surface area contributed by atoms with Crippen LogP contribution in [0.25, 0.3) is 12.2 Å². The molecule has 62 heavy (non-hydrogen) atoms. The molecule has 2 unspecified atom stereocenters. The number of aliphatic hydroxyl groups excluding tert-OH is 1. The number of hydrogen-bond acceptors (Lipinski definition) is 11. The summed E-state index contributed by atoms with van der Waals surface area (Å²) in [4.78, 5) is 38.3. The molecule has 6 atom stereocenters. The van der Waals surface area contributed by atoms with Crippen LogP contribution in [0.2, 0.25) is 0 Å². The molecule has 1 N–H and O–H groups in total. The fraction of sp³-hybridized carbons (Fsp3) is 0.431. The van der Waals surface area contributed by atoms with Crippen LogP contribution >= 0.6 is 0 Å². The van der Waals surface area contributed by atoms with Gasteiger partial charge in [0.25, 0.3) is 0 Å². The van der Waals surface area contributed by atoms with E-state index in [1.165, 1.54) is 0 Å². The Morgan fingerprint density at radius 1 is 0.645 bits per heavy atom. The Morgan fingerprint density at radius 3 is 1.66 bits per heavy atom. The fourth-order valence-electron chi connectivity index (χ4n) is 8.28. The zero-order chi connectivity index (χ0) is 44.6. The first-order valence-electron chi connectivity index (χ1n) is 21.4. The van der Waals surface area contributed by atoms with Crippen molar-refractivity contribution in [2.75, 3.05) is 13.2 Å². The van der Waals surface area contributed by atoms with Gasteiger partial charge in [-0.2, -0.15) is 0 Å². The first kappa shape index (κ1) is 46.3. The van der Waals surface area contributed by atoms with Crippen molar-refractivity contribution >= 4 is 30.1 Å². The van der Waals surface area contributed by atoms with Gasteiger partial charge in [-0.15, -0.1) is 0 Å². The van der Waals surface area contributed by atoms with Crippen molar-refractivity contribution in [2.45, 2.75) is 129 Å². The number of carbonyl (C=O) groups is 3. The maximum absolute atomic E-state index is 12.8. The summed E-state index contributed by atoms with van der Waals surface area (Å²) in [7, 11) is 0. The van der Waals surface area contributed by atoms with Gasteiger partial charge in [-0.1, -0.05) is 96.1 Å². The third-order valence-corrected chi connectivity index (χ3v) is 10.8. The van der Waals surface area contributed by atoms with E-state index in [1.54, 1.807) is 36.4 Å². The second kappa shape index (κ2) is 20.3. The van der Waals surface area contributed by atoms with E-state index < -0.39 is 42.0 Å². The quantitative estimate of drug-likeness (QED) is 0.150. The summed E-state index contributed by atoms with van der Waals surface area (Å²) in [6, 6.07) is 16.8. The van der Waals surface area contributed by atoms with Gasteiger partial charge >= 0.3 is 17.9 Å². The van der Waals surface area contributed by atoms with Gasteiger partial charge < -0.3 is 38.3 Å². The van der Waals surface area contributed by atoms with Crippen LogP contribution in [0, 0.1) is 27.7 Å². The van der Waals surface area contributed by atoms with Crippen molar-refractivity contribution < 1.29 is 52.6 Å². The minimum atomic E-state index is -0.827. The van der Waals surface area contributed by atoms with Gasteiger partial charge in [-0.25, -0.2) is 14.4 Å². The highest BCUT2D eigenvalue weighted by atomic mass is 16.8. The third kappa shape index (κ3) is 12.0. The Morgan fingerprint density at radius 2 is 1.13 bits per heavy atom. The summed E-state index contributed by atoms with van der Waals surface area (Å²) in [5.41, 5.74) is 7.20. The van der Waals surface area contributed by atoms with Gasteiger partial charge in [0, 0.05) is 0 Å². The molecular weight excluding hydrogens is 789 g/mol. The van der Waals surface area contributed by atoms with E-state index in [0.29, 0.717) is 42.4 Å². The molecule has 2 saturated heterocycles. The molecule has 330 valence electrons. The van der Waals surface area contributed by atoms with Crippen molar-refractivity contribution in [3.8, 4) is 0 Å². The Hall–Kier alpha value is -5.17. The number of cyclic esters (lactones) is 2. The molecule has 0 saturated carbocycles. The number of hydrogen-bond donors (Lipinski definition) is 1. The van der Waals surface area contributed by atoms with Crippen molar-refractivity contribution in [3.05, 3.63) is 141 Å². The average Bonchev–Trinajstić information content (AvgIpc) is 3.69. The highest BCUT2D eigenvalue weighted by molar-refractivity contribution is 5.96. The minimum absolute atomic E-state index is 0.210. The van der Waals surface area contributed by atoms with Crippen LogP contribution in [0.15, 0.2) is 91.1 Å². The Bertz CT molecular complexity index is 2200. The third-order valence-electron chi connectivity index (χ3n) is 10.8. The molecule has 2 fully saturated rings. The average molecular weight is 849 g/mol. The van der Waals surface area contributed by atoms with Gasteiger partial charge in [0.2, 0.25) is 0 Å². The fourth-order valence-corrected chi connectivity index (χ4v) is 8.28. The van der Waals surface area contributed by atoms with E-state index in [2.05, 4.69) is 0 Å². The van der Waals surface area contributed by atoms with Crippen LogP contribution in [0.4, 0.5) is 0 Å². The Balaban J connectivity index is 0.000000214. The molecule has 0 radical (unpaired) electrons. The minimum Gasteiger partial charge on any atom is -0.462 e. The van der Waals surface area contributed by atoms with Gasteiger partial charge in [0.05, 0.1) is 42.1 Å². The van der Waals surface area contributed by atoms with Gasteiger partial charge in [-0.3, -0.25) is 0 Å².